The maximum Gasteiger partial charge on any atom is 0.293 e. The van der Waals surface area contributed by atoms with E-state index in [9.17, 15) is 14.9 Å². The molecule has 2 aliphatic rings. The molecule has 2 heterocycles. The highest BCUT2D eigenvalue weighted by Crippen LogP contribution is 2.33. The third kappa shape index (κ3) is 3.87. The SMILES string of the molecule is CC1CCN(c2ccc(C(=O)Nc3nc4c(s3)CCCC4)cc2[N+](=O)[O-])CC1. The molecule has 0 saturated carbocycles. The number of rotatable bonds is 4. The van der Waals surface area contributed by atoms with Crippen LogP contribution in [-0.2, 0) is 12.8 Å². The van der Waals surface area contributed by atoms with Crippen molar-refractivity contribution in [3.63, 3.8) is 0 Å². The Labute approximate surface area is 167 Å². The quantitative estimate of drug-likeness (QED) is 0.606. The van der Waals surface area contributed by atoms with Crippen LogP contribution >= 0.6 is 11.3 Å². The first kappa shape index (κ1) is 18.9. The Morgan fingerprint density at radius 3 is 2.75 bits per heavy atom. The number of nitrogens with zero attached hydrogens (tertiary/aromatic N) is 3. The second kappa shape index (κ2) is 7.87. The molecule has 1 amide bonds. The highest BCUT2D eigenvalue weighted by Gasteiger charge is 2.25. The van der Waals surface area contributed by atoms with Crippen LogP contribution in [0.15, 0.2) is 18.2 Å². The Hall–Kier alpha value is -2.48. The second-order valence-corrected chi connectivity index (χ2v) is 8.76. The van der Waals surface area contributed by atoms with Gasteiger partial charge in [0.1, 0.15) is 5.69 Å². The molecule has 1 aromatic heterocycles. The molecule has 0 bridgehead atoms. The predicted molar refractivity (Wildman–Crippen MR) is 110 cm³/mol. The number of anilines is 2. The fraction of sp³-hybridized carbons (Fsp3) is 0.500. The lowest BCUT2D eigenvalue weighted by Gasteiger charge is -2.31. The number of nitro groups is 1. The molecule has 1 aliphatic carbocycles. The number of hydrogen-bond donors (Lipinski definition) is 1. The van der Waals surface area contributed by atoms with E-state index < -0.39 is 4.92 Å². The molecule has 0 radical (unpaired) electrons. The van der Waals surface area contributed by atoms with Gasteiger partial charge in [0, 0.05) is 29.6 Å². The number of fused-ring (bicyclic) bond motifs is 1. The van der Waals surface area contributed by atoms with Crippen molar-refractivity contribution in [2.24, 2.45) is 5.92 Å². The van der Waals surface area contributed by atoms with Crippen LogP contribution in [0.3, 0.4) is 0 Å². The first-order chi connectivity index (χ1) is 13.5. The number of thiazole rings is 1. The molecular weight excluding hydrogens is 376 g/mol. The Bertz CT molecular complexity index is 879. The summed E-state index contributed by atoms with van der Waals surface area (Å²) >= 11 is 1.51. The van der Waals surface area contributed by atoms with Crippen LogP contribution < -0.4 is 10.2 Å². The fourth-order valence-electron chi connectivity index (χ4n) is 3.90. The van der Waals surface area contributed by atoms with E-state index in [1.165, 1.54) is 22.3 Å². The van der Waals surface area contributed by atoms with Crippen LogP contribution in [0.5, 0.6) is 0 Å². The van der Waals surface area contributed by atoms with E-state index in [-0.39, 0.29) is 17.2 Å². The topological polar surface area (TPSA) is 88.4 Å². The van der Waals surface area contributed by atoms with Gasteiger partial charge in [-0.25, -0.2) is 4.98 Å². The van der Waals surface area contributed by atoms with Gasteiger partial charge in [-0.05, 0) is 56.6 Å². The molecule has 0 atom stereocenters. The molecular formula is C20H24N4O3S. The molecule has 0 unspecified atom stereocenters. The van der Waals surface area contributed by atoms with E-state index in [4.69, 9.17) is 0 Å². The third-order valence-electron chi connectivity index (χ3n) is 5.62. The van der Waals surface area contributed by atoms with E-state index in [1.54, 1.807) is 12.1 Å². The number of nitrogens with one attached hydrogen (secondary N) is 1. The van der Waals surface area contributed by atoms with Gasteiger partial charge in [0.15, 0.2) is 5.13 Å². The zero-order valence-electron chi connectivity index (χ0n) is 15.9. The van der Waals surface area contributed by atoms with Gasteiger partial charge in [-0.2, -0.15) is 0 Å². The van der Waals surface area contributed by atoms with Crippen molar-refractivity contribution in [1.82, 2.24) is 4.98 Å². The van der Waals surface area contributed by atoms with E-state index >= 15 is 0 Å². The molecule has 1 saturated heterocycles. The molecule has 148 valence electrons. The minimum Gasteiger partial charge on any atom is -0.366 e. The summed E-state index contributed by atoms with van der Waals surface area (Å²) in [4.78, 5) is 31.7. The lowest BCUT2D eigenvalue weighted by molar-refractivity contribution is -0.384. The monoisotopic (exact) mass is 400 g/mol. The molecule has 1 aliphatic heterocycles. The van der Waals surface area contributed by atoms with Crippen molar-refractivity contribution >= 4 is 33.8 Å². The molecule has 1 N–H and O–H groups in total. The van der Waals surface area contributed by atoms with Crippen LogP contribution in [0.2, 0.25) is 0 Å². The smallest absolute Gasteiger partial charge is 0.293 e. The maximum atomic E-state index is 12.7. The van der Waals surface area contributed by atoms with E-state index in [1.807, 2.05) is 0 Å². The van der Waals surface area contributed by atoms with Crippen LogP contribution in [0.4, 0.5) is 16.5 Å². The van der Waals surface area contributed by atoms with Gasteiger partial charge in [-0.3, -0.25) is 20.2 Å². The van der Waals surface area contributed by atoms with Crippen LogP contribution in [0.1, 0.15) is 53.5 Å². The van der Waals surface area contributed by atoms with Crippen LogP contribution in [-0.4, -0.2) is 28.9 Å². The second-order valence-electron chi connectivity index (χ2n) is 7.68. The van der Waals surface area contributed by atoms with Crippen molar-refractivity contribution in [3.8, 4) is 0 Å². The molecule has 28 heavy (non-hydrogen) atoms. The largest absolute Gasteiger partial charge is 0.366 e. The van der Waals surface area contributed by atoms with E-state index in [0.29, 0.717) is 16.7 Å². The Morgan fingerprint density at radius 1 is 1.29 bits per heavy atom. The molecule has 2 aromatic rings. The summed E-state index contributed by atoms with van der Waals surface area (Å²) in [6, 6.07) is 4.76. The first-order valence-electron chi connectivity index (χ1n) is 9.84. The highest BCUT2D eigenvalue weighted by atomic mass is 32.1. The summed E-state index contributed by atoms with van der Waals surface area (Å²) in [7, 11) is 0. The van der Waals surface area contributed by atoms with Gasteiger partial charge in [-0.1, -0.05) is 6.92 Å². The Morgan fingerprint density at radius 2 is 2.04 bits per heavy atom. The zero-order chi connectivity index (χ0) is 19.7. The maximum absolute atomic E-state index is 12.7. The van der Waals surface area contributed by atoms with Crippen molar-refractivity contribution < 1.29 is 9.72 Å². The normalized spacial score (nSPS) is 17.2. The average Bonchev–Trinajstić information content (AvgIpc) is 3.10. The Balaban J connectivity index is 1.54. The highest BCUT2D eigenvalue weighted by molar-refractivity contribution is 7.15. The van der Waals surface area contributed by atoms with Gasteiger partial charge < -0.3 is 4.90 Å². The lowest BCUT2D eigenvalue weighted by atomic mass is 9.98. The first-order valence-corrected chi connectivity index (χ1v) is 10.7. The summed E-state index contributed by atoms with van der Waals surface area (Å²) in [5.41, 5.74) is 1.94. The summed E-state index contributed by atoms with van der Waals surface area (Å²) in [5, 5.41) is 15.0. The van der Waals surface area contributed by atoms with Gasteiger partial charge in [-0.15, -0.1) is 11.3 Å². The standard InChI is InChI=1S/C20H24N4O3S/c1-13-8-10-23(11-9-13)16-7-6-14(12-17(16)24(26)27)19(25)22-20-21-15-4-2-3-5-18(15)28-20/h6-7,12-13H,2-5,8-11H2,1H3,(H,21,22,25). The molecule has 7 nitrogen and oxygen atoms in total. The predicted octanol–water partition coefficient (Wildman–Crippen LogP) is 4.42. The summed E-state index contributed by atoms with van der Waals surface area (Å²) < 4.78 is 0. The number of amides is 1. The van der Waals surface area contributed by atoms with Crippen molar-refractivity contribution in [2.45, 2.75) is 45.4 Å². The van der Waals surface area contributed by atoms with Crippen molar-refractivity contribution in [2.75, 3.05) is 23.3 Å². The van der Waals surface area contributed by atoms with E-state index in [0.717, 1.165) is 57.3 Å². The van der Waals surface area contributed by atoms with Crippen molar-refractivity contribution in [1.29, 1.82) is 0 Å². The summed E-state index contributed by atoms with van der Waals surface area (Å²) in [5.74, 6) is 0.289. The van der Waals surface area contributed by atoms with Gasteiger partial charge in [0.25, 0.3) is 11.6 Å². The average molecular weight is 401 g/mol. The number of aromatic nitrogens is 1. The number of carbonyl (C=O) groups is 1. The van der Waals surface area contributed by atoms with Gasteiger partial charge in [0.05, 0.1) is 10.6 Å². The fourth-order valence-corrected chi connectivity index (χ4v) is 4.95. The number of hydrogen-bond acceptors (Lipinski definition) is 6. The minimum atomic E-state index is -0.397. The molecule has 1 fully saturated rings. The van der Waals surface area contributed by atoms with Crippen molar-refractivity contribution in [3.05, 3.63) is 44.4 Å². The number of aryl methyl sites for hydroxylation is 2. The lowest BCUT2D eigenvalue weighted by Crippen LogP contribution is -2.33. The summed E-state index contributed by atoms with van der Waals surface area (Å²) in [6.45, 7) is 3.81. The molecule has 0 spiro atoms. The molecule has 4 rings (SSSR count). The third-order valence-corrected chi connectivity index (χ3v) is 6.70. The number of piperidine rings is 1. The molecule has 8 heteroatoms. The van der Waals surface area contributed by atoms with Crippen LogP contribution in [0.25, 0.3) is 0 Å². The summed E-state index contributed by atoms with van der Waals surface area (Å²) in [6.07, 6.45) is 6.30. The van der Waals surface area contributed by atoms with Gasteiger partial charge >= 0.3 is 0 Å². The van der Waals surface area contributed by atoms with E-state index in [2.05, 4.69) is 22.1 Å². The zero-order valence-corrected chi connectivity index (χ0v) is 16.8. The minimum absolute atomic E-state index is 0.0133. The number of nitro benzene ring substituents is 1. The number of benzene rings is 1. The molecule has 1 aromatic carbocycles. The van der Waals surface area contributed by atoms with Gasteiger partial charge in [0.2, 0.25) is 0 Å². The van der Waals surface area contributed by atoms with Crippen LogP contribution in [0, 0.1) is 16.0 Å². The Kier molecular flexibility index (Phi) is 5.30. The number of carbonyl (C=O) groups excluding carboxylic acids is 1.